The predicted molar refractivity (Wildman–Crippen MR) is 65.7 cm³/mol. The Hall–Kier alpha value is -0.870. The van der Waals surface area contributed by atoms with Crippen LogP contribution in [0.3, 0.4) is 0 Å². The van der Waals surface area contributed by atoms with Crippen molar-refractivity contribution in [1.29, 1.82) is 0 Å². The maximum absolute atomic E-state index is 5.81. The fraction of sp³-hybridized carbons (Fsp3) is 0.455. The first-order valence-electron chi connectivity index (χ1n) is 5.07. The summed E-state index contributed by atoms with van der Waals surface area (Å²) >= 11 is 1.90. The smallest absolute Gasteiger partial charge is 0.0637 e. The Balaban J connectivity index is 2.20. The molecule has 0 saturated carbocycles. The standard InChI is InChI=1S/C11H16N2OS/c1-14-6-4-13-5-7-15-11-3-2-9(12)8-10(11)13/h2-3,8H,4-7,12H2,1H3. The highest BCUT2D eigenvalue weighted by Crippen LogP contribution is 2.35. The van der Waals surface area contributed by atoms with Crippen molar-refractivity contribution in [3.63, 3.8) is 0 Å². The van der Waals surface area contributed by atoms with E-state index < -0.39 is 0 Å². The molecule has 0 unspecified atom stereocenters. The summed E-state index contributed by atoms with van der Waals surface area (Å²) in [7, 11) is 1.74. The predicted octanol–water partition coefficient (Wildman–Crippen LogP) is 1.83. The van der Waals surface area contributed by atoms with Crippen LogP contribution in [-0.4, -0.2) is 32.6 Å². The number of anilines is 2. The van der Waals surface area contributed by atoms with Gasteiger partial charge in [-0.1, -0.05) is 0 Å². The summed E-state index contributed by atoms with van der Waals surface area (Å²) in [5, 5.41) is 0. The van der Waals surface area contributed by atoms with E-state index in [2.05, 4.69) is 17.0 Å². The third kappa shape index (κ3) is 2.38. The van der Waals surface area contributed by atoms with Crippen LogP contribution in [0.15, 0.2) is 23.1 Å². The number of fused-ring (bicyclic) bond motifs is 1. The Kier molecular flexibility index (Phi) is 3.38. The van der Waals surface area contributed by atoms with Crippen LogP contribution in [0.1, 0.15) is 0 Å². The second kappa shape index (κ2) is 4.77. The number of nitrogen functional groups attached to an aromatic ring is 1. The molecule has 1 aliphatic rings. The SMILES string of the molecule is COCCN1CCSc2ccc(N)cc21. The van der Waals surface area contributed by atoms with Crippen LogP contribution in [0, 0.1) is 0 Å². The summed E-state index contributed by atoms with van der Waals surface area (Å²) < 4.78 is 5.11. The van der Waals surface area contributed by atoms with Crippen molar-refractivity contribution in [1.82, 2.24) is 0 Å². The van der Waals surface area contributed by atoms with E-state index in [1.807, 2.05) is 17.8 Å². The lowest BCUT2D eigenvalue weighted by Crippen LogP contribution is -2.32. The molecule has 82 valence electrons. The van der Waals surface area contributed by atoms with Crippen molar-refractivity contribution >= 4 is 23.1 Å². The monoisotopic (exact) mass is 224 g/mol. The minimum atomic E-state index is 0.763. The second-order valence-corrected chi connectivity index (χ2v) is 4.69. The molecule has 0 atom stereocenters. The number of rotatable bonds is 3. The molecular formula is C11H16N2OS. The third-order valence-electron chi connectivity index (χ3n) is 2.51. The lowest BCUT2D eigenvalue weighted by molar-refractivity contribution is 0.205. The molecule has 1 aromatic rings. The highest BCUT2D eigenvalue weighted by molar-refractivity contribution is 7.99. The molecule has 0 aromatic heterocycles. The molecule has 2 N–H and O–H groups in total. The first-order chi connectivity index (χ1) is 7.31. The fourth-order valence-electron chi connectivity index (χ4n) is 1.72. The minimum absolute atomic E-state index is 0.763. The maximum Gasteiger partial charge on any atom is 0.0637 e. The number of benzene rings is 1. The average molecular weight is 224 g/mol. The summed E-state index contributed by atoms with van der Waals surface area (Å²) in [6.45, 7) is 2.77. The molecule has 0 amide bonds. The van der Waals surface area contributed by atoms with E-state index >= 15 is 0 Å². The van der Waals surface area contributed by atoms with E-state index in [-0.39, 0.29) is 0 Å². The number of nitrogens with two attached hydrogens (primary N) is 1. The Morgan fingerprint density at radius 3 is 3.20 bits per heavy atom. The van der Waals surface area contributed by atoms with Crippen molar-refractivity contribution < 1.29 is 4.74 Å². The molecule has 0 spiro atoms. The highest BCUT2D eigenvalue weighted by Gasteiger charge is 2.16. The third-order valence-corrected chi connectivity index (χ3v) is 3.55. The van der Waals surface area contributed by atoms with Gasteiger partial charge in [-0.15, -0.1) is 11.8 Å². The topological polar surface area (TPSA) is 38.5 Å². The van der Waals surface area contributed by atoms with Gasteiger partial charge in [0, 0.05) is 36.5 Å². The lowest BCUT2D eigenvalue weighted by atomic mass is 10.2. The van der Waals surface area contributed by atoms with Gasteiger partial charge in [0.15, 0.2) is 0 Å². The Labute approximate surface area is 94.6 Å². The molecule has 1 heterocycles. The summed E-state index contributed by atoms with van der Waals surface area (Å²) in [5.41, 5.74) is 7.89. The first-order valence-corrected chi connectivity index (χ1v) is 6.06. The van der Waals surface area contributed by atoms with Crippen molar-refractivity contribution in [2.24, 2.45) is 0 Å². The van der Waals surface area contributed by atoms with Gasteiger partial charge in [0.05, 0.1) is 12.3 Å². The average Bonchev–Trinajstić information content (AvgIpc) is 2.26. The van der Waals surface area contributed by atoms with Crippen molar-refractivity contribution in [3.8, 4) is 0 Å². The largest absolute Gasteiger partial charge is 0.399 e. The number of thioether (sulfide) groups is 1. The second-order valence-electron chi connectivity index (χ2n) is 3.56. The molecule has 0 bridgehead atoms. The molecule has 3 nitrogen and oxygen atoms in total. The molecule has 15 heavy (non-hydrogen) atoms. The van der Waals surface area contributed by atoms with Crippen LogP contribution in [0.2, 0.25) is 0 Å². The summed E-state index contributed by atoms with van der Waals surface area (Å²) in [6.07, 6.45) is 0. The number of methoxy groups -OCH3 is 1. The fourth-order valence-corrected chi connectivity index (χ4v) is 2.76. The molecule has 0 aliphatic carbocycles. The van der Waals surface area contributed by atoms with Gasteiger partial charge in [0.1, 0.15) is 0 Å². The van der Waals surface area contributed by atoms with Gasteiger partial charge in [-0.25, -0.2) is 0 Å². The van der Waals surface area contributed by atoms with Crippen LogP contribution in [-0.2, 0) is 4.74 Å². The molecular weight excluding hydrogens is 208 g/mol. The van der Waals surface area contributed by atoms with Gasteiger partial charge < -0.3 is 15.4 Å². The van der Waals surface area contributed by atoms with Crippen molar-refractivity contribution in [2.45, 2.75) is 4.90 Å². The van der Waals surface area contributed by atoms with Gasteiger partial charge in [0.2, 0.25) is 0 Å². The van der Waals surface area contributed by atoms with Gasteiger partial charge in [-0.05, 0) is 18.2 Å². The zero-order chi connectivity index (χ0) is 10.7. The first kappa shape index (κ1) is 10.6. The van der Waals surface area contributed by atoms with E-state index in [4.69, 9.17) is 10.5 Å². The number of hydrogen-bond donors (Lipinski definition) is 1. The Morgan fingerprint density at radius 2 is 2.40 bits per heavy atom. The van der Waals surface area contributed by atoms with Gasteiger partial charge in [-0.3, -0.25) is 0 Å². The van der Waals surface area contributed by atoms with Crippen LogP contribution in [0.5, 0.6) is 0 Å². The van der Waals surface area contributed by atoms with Crippen LogP contribution in [0.4, 0.5) is 11.4 Å². The van der Waals surface area contributed by atoms with Crippen molar-refractivity contribution in [3.05, 3.63) is 18.2 Å². The van der Waals surface area contributed by atoms with Crippen LogP contribution < -0.4 is 10.6 Å². The van der Waals surface area contributed by atoms with Crippen LogP contribution >= 0.6 is 11.8 Å². The van der Waals surface area contributed by atoms with Gasteiger partial charge >= 0.3 is 0 Å². The molecule has 1 aliphatic heterocycles. The molecule has 0 fully saturated rings. The van der Waals surface area contributed by atoms with E-state index in [0.717, 1.165) is 31.1 Å². The zero-order valence-electron chi connectivity index (χ0n) is 8.90. The normalized spacial score (nSPS) is 15.1. The minimum Gasteiger partial charge on any atom is -0.399 e. The van der Waals surface area contributed by atoms with Crippen molar-refractivity contribution in [2.75, 3.05) is 43.2 Å². The Bertz CT molecular complexity index is 343. The quantitative estimate of drug-likeness (QED) is 0.795. The van der Waals surface area contributed by atoms with Gasteiger partial charge in [0.25, 0.3) is 0 Å². The van der Waals surface area contributed by atoms with Gasteiger partial charge in [-0.2, -0.15) is 0 Å². The Morgan fingerprint density at radius 1 is 1.53 bits per heavy atom. The number of ether oxygens (including phenoxy) is 1. The number of nitrogens with zero attached hydrogens (tertiary/aromatic N) is 1. The number of hydrogen-bond acceptors (Lipinski definition) is 4. The molecule has 0 saturated heterocycles. The molecule has 4 heteroatoms. The molecule has 2 rings (SSSR count). The zero-order valence-corrected chi connectivity index (χ0v) is 9.72. The van der Waals surface area contributed by atoms with E-state index in [9.17, 15) is 0 Å². The summed E-state index contributed by atoms with van der Waals surface area (Å²) in [6, 6.07) is 6.12. The van der Waals surface area contributed by atoms with E-state index in [1.54, 1.807) is 7.11 Å². The molecule has 0 radical (unpaired) electrons. The van der Waals surface area contributed by atoms with E-state index in [1.165, 1.54) is 10.6 Å². The maximum atomic E-state index is 5.81. The highest BCUT2D eigenvalue weighted by atomic mass is 32.2. The lowest BCUT2D eigenvalue weighted by Gasteiger charge is -2.30. The van der Waals surface area contributed by atoms with Crippen LogP contribution in [0.25, 0.3) is 0 Å². The molecule has 1 aromatic carbocycles. The van der Waals surface area contributed by atoms with E-state index in [0.29, 0.717) is 0 Å². The summed E-state index contributed by atoms with van der Waals surface area (Å²) in [4.78, 5) is 3.66. The summed E-state index contributed by atoms with van der Waals surface area (Å²) in [5.74, 6) is 1.14.